The second-order valence-corrected chi connectivity index (χ2v) is 8.88. The molecule has 7 nitrogen and oxygen atoms in total. The zero-order valence-corrected chi connectivity index (χ0v) is 20.3. The van der Waals surface area contributed by atoms with E-state index in [1.807, 2.05) is 55.5 Å². The van der Waals surface area contributed by atoms with E-state index in [0.29, 0.717) is 17.2 Å². The number of pyridine rings is 1. The molecule has 1 aromatic heterocycles. The number of methoxy groups -OCH3 is 1. The van der Waals surface area contributed by atoms with Gasteiger partial charge in [0.1, 0.15) is 11.5 Å². The van der Waals surface area contributed by atoms with Gasteiger partial charge >= 0.3 is 0 Å². The van der Waals surface area contributed by atoms with E-state index in [2.05, 4.69) is 16.9 Å². The molecule has 0 radical (unpaired) electrons. The number of carbonyl (C=O) groups is 1. The third-order valence-electron chi connectivity index (χ3n) is 5.94. The van der Waals surface area contributed by atoms with E-state index < -0.39 is 5.54 Å². The molecule has 0 bridgehead atoms. The van der Waals surface area contributed by atoms with Crippen LogP contribution in [0.3, 0.4) is 0 Å². The van der Waals surface area contributed by atoms with Crippen LogP contribution in [0.1, 0.15) is 24.5 Å². The Kier molecular flexibility index (Phi) is 6.48. The Hall–Kier alpha value is -3.58. The van der Waals surface area contributed by atoms with Gasteiger partial charge in [-0.05, 0) is 49.7 Å². The Morgan fingerprint density at radius 3 is 2.50 bits per heavy atom. The highest BCUT2D eigenvalue weighted by molar-refractivity contribution is 6.30. The van der Waals surface area contributed by atoms with Gasteiger partial charge in [-0.3, -0.25) is 14.7 Å². The minimum atomic E-state index is -1.03. The zero-order valence-electron chi connectivity index (χ0n) is 19.6. The molecule has 176 valence electrons. The van der Waals surface area contributed by atoms with E-state index in [9.17, 15) is 4.79 Å². The number of likely N-dealkylation sites (N-methyl/N-ethyl adjacent to an activating group) is 1. The highest BCUT2D eigenvalue weighted by Gasteiger charge is 2.52. The summed E-state index contributed by atoms with van der Waals surface area (Å²) in [7, 11) is 3.31. The van der Waals surface area contributed by atoms with Crippen molar-refractivity contribution in [1.29, 1.82) is 0 Å². The number of guanidine groups is 1. The maximum Gasteiger partial charge on any atom is 0.261 e. The summed E-state index contributed by atoms with van der Waals surface area (Å²) in [6.07, 6.45) is 3.61. The molecule has 1 unspecified atom stereocenters. The van der Waals surface area contributed by atoms with Crippen LogP contribution in [0.2, 0.25) is 5.02 Å². The Labute approximate surface area is 204 Å². The average molecular weight is 479 g/mol. The summed E-state index contributed by atoms with van der Waals surface area (Å²) in [6.45, 7) is 3.98. The van der Waals surface area contributed by atoms with Gasteiger partial charge in [0, 0.05) is 37.0 Å². The first kappa shape index (κ1) is 23.6. The molecule has 0 saturated heterocycles. The molecule has 2 aliphatic rings. The highest BCUT2D eigenvalue weighted by Crippen LogP contribution is 2.46. The molecule has 5 rings (SSSR count). The first-order chi connectivity index (χ1) is 16.2. The Morgan fingerprint density at radius 2 is 1.88 bits per heavy atom. The molecule has 8 heteroatoms. The van der Waals surface area contributed by atoms with E-state index in [1.54, 1.807) is 26.6 Å². The summed E-state index contributed by atoms with van der Waals surface area (Å²) >= 11 is 6.05. The van der Waals surface area contributed by atoms with Crippen molar-refractivity contribution < 1.29 is 14.3 Å². The van der Waals surface area contributed by atoms with Gasteiger partial charge in [0.15, 0.2) is 11.5 Å². The summed E-state index contributed by atoms with van der Waals surface area (Å²) < 4.78 is 10.9. The van der Waals surface area contributed by atoms with Crippen molar-refractivity contribution in [3.63, 3.8) is 0 Å². The van der Waals surface area contributed by atoms with Crippen LogP contribution in [-0.4, -0.2) is 42.0 Å². The number of nitrogens with zero attached hydrogens (tertiary/aromatic N) is 3. The smallest absolute Gasteiger partial charge is 0.261 e. The number of nitrogens with two attached hydrogens (primary N) is 1. The Morgan fingerprint density at radius 1 is 1.15 bits per heavy atom. The van der Waals surface area contributed by atoms with Crippen LogP contribution in [0.5, 0.6) is 11.5 Å². The molecule has 2 atom stereocenters. The van der Waals surface area contributed by atoms with Crippen molar-refractivity contribution in [2.45, 2.75) is 31.9 Å². The quantitative estimate of drug-likeness (QED) is 0.583. The van der Waals surface area contributed by atoms with E-state index in [1.165, 1.54) is 10.5 Å². The van der Waals surface area contributed by atoms with Crippen molar-refractivity contribution >= 4 is 23.5 Å². The van der Waals surface area contributed by atoms with E-state index >= 15 is 0 Å². The molecule has 0 saturated carbocycles. The first-order valence-electron chi connectivity index (χ1n) is 10.9. The molecule has 0 aliphatic carbocycles. The minimum Gasteiger partial charge on any atom is -0.497 e. The van der Waals surface area contributed by atoms with E-state index in [0.717, 1.165) is 22.4 Å². The minimum absolute atomic E-state index is 0.136. The average Bonchev–Trinajstić information content (AvgIpc) is 3.03. The number of halogens is 1. The largest absolute Gasteiger partial charge is 0.497 e. The van der Waals surface area contributed by atoms with Crippen molar-refractivity contribution in [2.75, 3.05) is 14.2 Å². The second-order valence-electron chi connectivity index (χ2n) is 8.45. The van der Waals surface area contributed by atoms with E-state index in [4.69, 9.17) is 26.8 Å². The Bertz CT molecular complexity index is 1250. The Balaban J connectivity index is 0.000000257. The number of carbonyl (C=O) groups excluding carboxylic acids is 1. The van der Waals surface area contributed by atoms with Gasteiger partial charge in [-0.2, -0.15) is 0 Å². The van der Waals surface area contributed by atoms with Gasteiger partial charge in [0.05, 0.1) is 18.2 Å². The van der Waals surface area contributed by atoms with Crippen LogP contribution < -0.4 is 15.2 Å². The molecule has 2 aromatic carbocycles. The molecular formula is C26H27ClN4O3. The van der Waals surface area contributed by atoms with Crippen LogP contribution in [0.15, 0.2) is 65.9 Å². The lowest BCUT2D eigenvalue weighted by molar-refractivity contribution is -0.132. The van der Waals surface area contributed by atoms with Gasteiger partial charge in [-0.15, -0.1) is 0 Å². The fourth-order valence-electron chi connectivity index (χ4n) is 4.17. The topological polar surface area (TPSA) is 90.0 Å². The fourth-order valence-corrected chi connectivity index (χ4v) is 4.35. The highest BCUT2D eigenvalue weighted by atomic mass is 35.5. The number of rotatable bonds is 2. The number of amides is 1. The van der Waals surface area contributed by atoms with Crippen molar-refractivity contribution in [1.82, 2.24) is 9.88 Å². The monoisotopic (exact) mass is 478 g/mol. The van der Waals surface area contributed by atoms with Crippen LogP contribution in [-0.2, 0) is 10.3 Å². The van der Waals surface area contributed by atoms with Gasteiger partial charge in [-0.1, -0.05) is 35.4 Å². The molecule has 2 aliphatic heterocycles. The summed E-state index contributed by atoms with van der Waals surface area (Å²) in [5.41, 5.74) is 8.63. The summed E-state index contributed by atoms with van der Waals surface area (Å²) in [5.74, 6) is 1.65. The molecule has 2 N–H and O–H groups in total. The molecule has 0 fully saturated rings. The number of fused-ring (bicyclic) bond motifs is 2. The number of aromatic nitrogens is 1. The predicted octanol–water partition coefficient (Wildman–Crippen LogP) is 4.56. The SMILES string of the molecule is COc1ccc(C)cc1.C[C@@H]1CC2(N=C(N)N(C)C2=O)c2cc(-c3cncc(Cl)c3)ccc2O1. The number of benzene rings is 2. The number of aryl methyl sites for hydroxylation is 1. The van der Waals surface area contributed by atoms with Crippen molar-refractivity contribution in [3.8, 4) is 22.6 Å². The molecule has 3 aromatic rings. The van der Waals surface area contributed by atoms with Gasteiger partial charge in [-0.25, -0.2) is 4.99 Å². The number of hydrogen-bond donors (Lipinski definition) is 1. The molecule has 3 heterocycles. The first-order valence-corrected chi connectivity index (χ1v) is 11.3. The lowest BCUT2D eigenvalue weighted by Gasteiger charge is -2.35. The number of hydrogen-bond acceptors (Lipinski definition) is 6. The normalized spacial score (nSPS) is 20.7. The third kappa shape index (κ3) is 4.43. The summed E-state index contributed by atoms with van der Waals surface area (Å²) in [4.78, 5) is 23.0. The number of ether oxygens (including phenoxy) is 2. The number of aliphatic imine (C=N–C) groups is 1. The standard InChI is InChI=1S/C18H17ClN4O2.C8H10O/c1-10-7-18(16(24)23(2)17(20)22-18)14-6-11(3-4-15(14)25-10)12-5-13(19)9-21-8-12;1-7-3-5-8(9-2)6-4-7/h3-6,8-10H,7H2,1-2H3,(H2,20,22);3-6H,1-2H3/t10-,18?;/m1./s1. The maximum atomic E-state index is 12.9. The second kappa shape index (κ2) is 9.35. The van der Waals surface area contributed by atoms with Crippen LogP contribution in [0, 0.1) is 6.92 Å². The maximum absolute atomic E-state index is 12.9. The molecule has 1 spiro atoms. The van der Waals surface area contributed by atoms with Crippen LogP contribution in [0.4, 0.5) is 0 Å². The van der Waals surface area contributed by atoms with Crippen LogP contribution >= 0.6 is 11.6 Å². The predicted molar refractivity (Wildman–Crippen MR) is 133 cm³/mol. The summed E-state index contributed by atoms with van der Waals surface area (Å²) in [6, 6.07) is 15.5. The zero-order chi connectivity index (χ0) is 24.5. The lowest BCUT2D eigenvalue weighted by atomic mass is 9.81. The van der Waals surface area contributed by atoms with Crippen molar-refractivity contribution in [2.24, 2.45) is 10.7 Å². The van der Waals surface area contributed by atoms with Gasteiger partial charge in [0.2, 0.25) is 0 Å². The van der Waals surface area contributed by atoms with Crippen LogP contribution in [0.25, 0.3) is 11.1 Å². The van der Waals surface area contributed by atoms with E-state index in [-0.39, 0.29) is 18.0 Å². The molecule has 34 heavy (non-hydrogen) atoms. The fraction of sp³-hybridized carbons (Fsp3) is 0.269. The lowest BCUT2D eigenvalue weighted by Crippen LogP contribution is -2.45. The van der Waals surface area contributed by atoms with Gasteiger partial charge in [0.25, 0.3) is 5.91 Å². The molecular weight excluding hydrogens is 452 g/mol. The summed E-state index contributed by atoms with van der Waals surface area (Å²) in [5, 5.41) is 0.550. The van der Waals surface area contributed by atoms with Gasteiger partial charge < -0.3 is 15.2 Å². The van der Waals surface area contributed by atoms with Crippen molar-refractivity contribution in [3.05, 3.63) is 77.1 Å². The third-order valence-corrected chi connectivity index (χ3v) is 6.15. The molecule has 1 amide bonds.